The minimum atomic E-state index is -0.460. The number of pyridine rings is 1. The highest BCUT2D eigenvalue weighted by Crippen LogP contribution is 2.36. The third-order valence-corrected chi connectivity index (χ3v) is 2.37. The molecule has 2 aromatic rings. The van der Waals surface area contributed by atoms with Crippen LogP contribution < -0.4 is 4.74 Å². The zero-order valence-electron chi connectivity index (χ0n) is 9.16. The summed E-state index contributed by atoms with van der Waals surface area (Å²) < 4.78 is 5.12. The molecule has 0 aliphatic carbocycles. The van der Waals surface area contributed by atoms with Crippen molar-refractivity contribution in [2.24, 2.45) is 0 Å². The number of nitrogens with zero attached hydrogens (tertiary/aromatic N) is 2. The van der Waals surface area contributed by atoms with Crippen LogP contribution in [0.5, 0.6) is 5.75 Å². The fourth-order valence-electron chi connectivity index (χ4n) is 1.62. The molecule has 17 heavy (non-hydrogen) atoms. The Labute approximate surface area is 97.8 Å². The maximum Gasteiger partial charge on any atom is 0.299 e. The van der Waals surface area contributed by atoms with Gasteiger partial charge >= 0.3 is 0 Å². The summed E-state index contributed by atoms with van der Waals surface area (Å²) in [6.45, 7) is 0. The largest absolute Gasteiger partial charge is 0.494 e. The van der Waals surface area contributed by atoms with E-state index in [-0.39, 0.29) is 5.69 Å². The van der Waals surface area contributed by atoms with E-state index in [0.29, 0.717) is 11.3 Å². The van der Waals surface area contributed by atoms with Gasteiger partial charge in [0.25, 0.3) is 5.69 Å². The van der Waals surface area contributed by atoms with Crippen molar-refractivity contribution in [3.05, 3.63) is 52.8 Å². The molecule has 2 rings (SSSR count). The summed E-state index contributed by atoms with van der Waals surface area (Å²) in [5, 5.41) is 11.0. The first-order chi connectivity index (χ1) is 8.24. The van der Waals surface area contributed by atoms with Crippen LogP contribution >= 0.6 is 0 Å². The maximum absolute atomic E-state index is 11.0. The van der Waals surface area contributed by atoms with Crippen molar-refractivity contribution in [2.45, 2.75) is 0 Å². The molecule has 0 atom stereocenters. The highest BCUT2D eigenvalue weighted by Gasteiger charge is 2.20. The van der Waals surface area contributed by atoms with Gasteiger partial charge < -0.3 is 4.74 Å². The molecule has 0 radical (unpaired) electrons. The highest BCUT2D eigenvalue weighted by molar-refractivity contribution is 5.78. The second-order valence-corrected chi connectivity index (χ2v) is 3.36. The molecule has 0 aliphatic rings. The SMILES string of the molecule is COc1cncc([N+](=O)[O-])c1-c1ccccc1. The molecule has 0 aliphatic heterocycles. The van der Waals surface area contributed by atoms with Gasteiger partial charge in [0.2, 0.25) is 0 Å². The third-order valence-electron chi connectivity index (χ3n) is 2.37. The van der Waals surface area contributed by atoms with Crippen molar-refractivity contribution in [1.82, 2.24) is 4.98 Å². The molecule has 0 spiro atoms. The summed E-state index contributed by atoms with van der Waals surface area (Å²) in [7, 11) is 1.47. The Hall–Kier alpha value is -2.43. The zero-order valence-corrected chi connectivity index (χ0v) is 9.16. The van der Waals surface area contributed by atoms with Crippen LogP contribution in [0.15, 0.2) is 42.7 Å². The van der Waals surface area contributed by atoms with Crippen molar-refractivity contribution < 1.29 is 9.66 Å². The number of aromatic nitrogens is 1. The Morgan fingerprint density at radius 3 is 2.53 bits per heavy atom. The van der Waals surface area contributed by atoms with Crippen molar-refractivity contribution in [3.8, 4) is 16.9 Å². The molecule has 0 saturated carbocycles. The van der Waals surface area contributed by atoms with Crippen LogP contribution in [0.2, 0.25) is 0 Å². The highest BCUT2D eigenvalue weighted by atomic mass is 16.6. The second kappa shape index (κ2) is 4.61. The molecule has 1 heterocycles. The Kier molecular flexibility index (Phi) is 3.00. The zero-order chi connectivity index (χ0) is 12.3. The van der Waals surface area contributed by atoms with Crippen LogP contribution in [-0.2, 0) is 0 Å². The van der Waals surface area contributed by atoms with Crippen LogP contribution in [0, 0.1) is 10.1 Å². The first-order valence-corrected chi connectivity index (χ1v) is 4.96. The van der Waals surface area contributed by atoms with Crippen LogP contribution in [0.1, 0.15) is 0 Å². The van der Waals surface area contributed by atoms with Gasteiger partial charge in [-0.3, -0.25) is 15.1 Å². The summed E-state index contributed by atoms with van der Waals surface area (Å²) in [6, 6.07) is 9.08. The third kappa shape index (κ3) is 2.08. The van der Waals surface area contributed by atoms with Gasteiger partial charge in [-0.05, 0) is 5.56 Å². The number of nitro groups is 1. The lowest BCUT2D eigenvalue weighted by Crippen LogP contribution is -1.96. The van der Waals surface area contributed by atoms with E-state index < -0.39 is 4.92 Å². The minimum Gasteiger partial charge on any atom is -0.494 e. The summed E-state index contributed by atoms with van der Waals surface area (Å²) in [5.41, 5.74) is 1.13. The van der Waals surface area contributed by atoms with Crippen molar-refractivity contribution >= 4 is 5.69 Å². The quantitative estimate of drug-likeness (QED) is 0.600. The minimum absolute atomic E-state index is 0.0597. The Morgan fingerprint density at radius 1 is 1.24 bits per heavy atom. The van der Waals surface area contributed by atoms with Gasteiger partial charge in [-0.25, -0.2) is 0 Å². The van der Waals surface area contributed by atoms with Crippen LogP contribution in [-0.4, -0.2) is 17.0 Å². The van der Waals surface area contributed by atoms with E-state index >= 15 is 0 Å². The van der Waals surface area contributed by atoms with Gasteiger partial charge in [0, 0.05) is 0 Å². The molecular weight excluding hydrogens is 220 g/mol. The number of ether oxygens (including phenoxy) is 1. The maximum atomic E-state index is 11.0. The van der Waals surface area contributed by atoms with E-state index in [9.17, 15) is 10.1 Å². The van der Waals surface area contributed by atoms with Gasteiger partial charge in [0.05, 0.1) is 18.2 Å². The standard InChI is InChI=1S/C12H10N2O3/c1-17-11-8-13-7-10(14(15)16)12(11)9-5-3-2-4-6-9/h2-8H,1H3. The molecule has 86 valence electrons. The Balaban J connectivity index is 2.69. The molecule has 0 N–H and O–H groups in total. The predicted molar refractivity (Wildman–Crippen MR) is 62.9 cm³/mol. The normalized spacial score (nSPS) is 9.94. The smallest absolute Gasteiger partial charge is 0.299 e. The molecule has 5 nitrogen and oxygen atoms in total. The lowest BCUT2D eigenvalue weighted by molar-refractivity contribution is -0.384. The fourth-order valence-corrected chi connectivity index (χ4v) is 1.62. The van der Waals surface area contributed by atoms with Crippen molar-refractivity contribution in [2.75, 3.05) is 7.11 Å². The summed E-state index contributed by atoms with van der Waals surface area (Å²) in [5.74, 6) is 0.394. The lowest BCUT2D eigenvalue weighted by atomic mass is 10.0. The van der Waals surface area contributed by atoms with E-state index in [4.69, 9.17) is 4.74 Å². The van der Waals surface area contributed by atoms with Gasteiger partial charge in [0.1, 0.15) is 11.8 Å². The first-order valence-electron chi connectivity index (χ1n) is 4.96. The van der Waals surface area contributed by atoms with Gasteiger partial charge in [-0.1, -0.05) is 30.3 Å². The predicted octanol–water partition coefficient (Wildman–Crippen LogP) is 2.67. The van der Waals surface area contributed by atoms with Crippen LogP contribution in [0.25, 0.3) is 11.1 Å². The molecule has 5 heteroatoms. The topological polar surface area (TPSA) is 65.3 Å². The molecule has 0 unspecified atom stereocenters. The molecule has 0 bridgehead atoms. The molecule has 0 amide bonds. The summed E-state index contributed by atoms with van der Waals surface area (Å²) in [6.07, 6.45) is 2.69. The Bertz CT molecular complexity index is 541. The Morgan fingerprint density at radius 2 is 1.94 bits per heavy atom. The van der Waals surface area contributed by atoms with Crippen LogP contribution in [0.4, 0.5) is 5.69 Å². The molecular formula is C12H10N2O3. The van der Waals surface area contributed by atoms with Gasteiger partial charge in [-0.2, -0.15) is 0 Å². The van der Waals surface area contributed by atoms with Crippen LogP contribution in [0.3, 0.4) is 0 Å². The summed E-state index contributed by atoms with van der Waals surface area (Å²) in [4.78, 5) is 14.3. The molecule has 1 aromatic carbocycles. The first kappa shape index (κ1) is 11.1. The number of rotatable bonds is 3. The number of hydrogen-bond acceptors (Lipinski definition) is 4. The molecule has 0 fully saturated rings. The van der Waals surface area contributed by atoms with Crippen molar-refractivity contribution in [3.63, 3.8) is 0 Å². The number of benzene rings is 1. The molecule has 1 aromatic heterocycles. The average molecular weight is 230 g/mol. The fraction of sp³-hybridized carbons (Fsp3) is 0.0833. The van der Waals surface area contributed by atoms with Gasteiger partial charge in [-0.15, -0.1) is 0 Å². The lowest BCUT2D eigenvalue weighted by Gasteiger charge is -2.08. The average Bonchev–Trinajstić information content (AvgIpc) is 2.38. The van der Waals surface area contributed by atoms with E-state index in [1.54, 1.807) is 12.1 Å². The second-order valence-electron chi connectivity index (χ2n) is 3.36. The monoisotopic (exact) mass is 230 g/mol. The van der Waals surface area contributed by atoms with Crippen molar-refractivity contribution in [1.29, 1.82) is 0 Å². The summed E-state index contributed by atoms with van der Waals surface area (Å²) >= 11 is 0. The molecule has 0 saturated heterocycles. The number of hydrogen-bond donors (Lipinski definition) is 0. The van der Waals surface area contributed by atoms with E-state index in [2.05, 4.69) is 4.98 Å². The van der Waals surface area contributed by atoms with Gasteiger partial charge in [0.15, 0.2) is 5.75 Å². The van der Waals surface area contributed by atoms with E-state index in [0.717, 1.165) is 5.56 Å². The number of methoxy groups -OCH3 is 1. The van der Waals surface area contributed by atoms with E-state index in [1.807, 2.05) is 18.2 Å². The van der Waals surface area contributed by atoms with E-state index in [1.165, 1.54) is 19.5 Å².